The molecule has 0 aromatic heterocycles. The minimum absolute atomic E-state index is 0.170. The topological polar surface area (TPSA) is 39.6 Å². The maximum absolute atomic E-state index is 9.15. The molecule has 3 nitrogen and oxygen atoms in total. The predicted octanol–water partition coefficient (Wildman–Crippen LogP) is 4.17. The largest absolute Gasteiger partial charge is 0.370 e. The fourth-order valence-electron chi connectivity index (χ4n) is 3.92. The van der Waals surface area contributed by atoms with E-state index in [9.17, 15) is 0 Å². The molecule has 1 aliphatic heterocycles. The number of nitriles is 1. The molecule has 0 unspecified atom stereocenters. The van der Waals surface area contributed by atoms with Gasteiger partial charge in [0.15, 0.2) is 0 Å². The lowest BCUT2D eigenvalue weighted by molar-refractivity contribution is 0.125. The zero-order valence-corrected chi connectivity index (χ0v) is 13.6. The van der Waals surface area contributed by atoms with Gasteiger partial charge in [0.1, 0.15) is 0 Å². The number of aryl methyl sites for hydroxylation is 1. The first-order valence-corrected chi connectivity index (χ1v) is 8.03. The lowest BCUT2D eigenvalue weighted by atomic mass is 9.70. The number of ether oxygens (including phenoxy) is 1. The van der Waals surface area contributed by atoms with Crippen molar-refractivity contribution in [3.8, 4) is 6.07 Å². The van der Waals surface area contributed by atoms with E-state index in [1.165, 1.54) is 24.8 Å². The number of rotatable bonds is 4. The lowest BCUT2D eigenvalue weighted by Gasteiger charge is -2.40. The molecule has 1 heterocycles. The Kier molecular flexibility index (Phi) is 3.74. The van der Waals surface area contributed by atoms with E-state index in [-0.39, 0.29) is 11.0 Å². The second-order valence-corrected chi connectivity index (χ2v) is 7.24. The van der Waals surface area contributed by atoms with Crippen molar-refractivity contribution in [3.05, 3.63) is 42.1 Å². The van der Waals surface area contributed by atoms with E-state index in [2.05, 4.69) is 31.4 Å². The molecule has 2 fully saturated rings. The molecule has 1 spiro atoms. The summed E-state index contributed by atoms with van der Waals surface area (Å²) in [4.78, 5) is 2.21. The summed E-state index contributed by atoms with van der Waals surface area (Å²) >= 11 is 0. The van der Waals surface area contributed by atoms with Gasteiger partial charge in [-0.3, -0.25) is 0 Å². The van der Waals surface area contributed by atoms with Gasteiger partial charge < -0.3 is 9.64 Å². The normalized spacial score (nSPS) is 29.9. The van der Waals surface area contributed by atoms with Gasteiger partial charge in [-0.25, -0.2) is 0 Å². The van der Waals surface area contributed by atoms with Gasteiger partial charge in [-0.2, -0.15) is 5.26 Å². The highest BCUT2D eigenvalue weighted by atomic mass is 16.6. The van der Waals surface area contributed by atoms with Crippen molar-refractivity contribution >= 4 is 5.69 Å². The number of nitrogens with zero attached hydrogens (tertiary/aromatic N) is 2. The third kappa shape index (κ3) is 2.89. The SMILES string of the molecule is C=CN(C[C@@]1(C)CCC[C@]2(CO2)C1)c1cc(C#N)ccc1C. The van der Waals surface area contributed by atoms with Crippen LogP contribution in [0.4, 0.5) is 5.69 Å². The van der Waals surface area contributed by atoms with Crippen molar-refractivity contribution < 1.29 is 4.74 Å². The molecule has 0 radical (unpaired) electrons. The minimum Gasteiger partial charge on any atom is -0.370 e. The summed E-state index contributed by atoms with van der Waals surface area (Å²) in [5.74, 6) is 0. The van der Waals surface area contributed by atoms with E-state index in [0.29, 0.717) is 5.56 Å². The van der Waals surface area contributed by atoms with Crippen LogP contribution in [0, 0.1) is 23.7 Å². The van der Waals surface area contributed by atoms with Gasteiger partial charge >= 0.3 is 0 Å². The zero-order chi connectivity index (χ0) is 15.8. The Hall–Kier alpha value is -1.79. The van der Waals surface area contributed by atoms with Crippen LogP contribution in [0.2, 0.25) is 0 Å². The smallest absolute Gasteiger partial charge is 0.0992 e. The van der Waals surface area contributed by atoms with E-state index < -0.39 is 0 Å². The lowest BCUT2D eigenvalue weighted by Crippen LogP contribution is -2.40. The van der Waals surface area contributed by atoms with E-state index >= 15 is 0 Å². The van der Waals surface area contributed by atoms with Crippen LogP contribution in [-0.4, -0.2) is 18.8 Å². The predicted molar refractivity (Wildman–Crippen MR) is 88.7 cm³/mol. The Bertz CT molecular complexity index is 627. The van der Waals surface area contributed by atoms with Crippen molar-refractivity contribution in [1.82, 2.24) is 0 Å². The Morgan fingerprint density at radius 2 is 2.23 bits per heavy atom. The average molecular weight is 296 g/mol. The number of benzene rings is 1. The van der Waals surface area contributed by atoms with E-state index in [0.717, 1.165) is 25.3 Å². The number of hydrogen-bond donors (Lipinski definition) is 0. The molecule has 1 aromatic rings. The van der Waals surface area contributed by atoms with Gasteiger partial charge in [-0.1, -0.05) is 19.6 Å². The van der Waals surface area contributed by atoms with Crippen molar-refractivity contribution in [2.75, 3.05) is 18.1 Å². The first-order chi connectivity index (χ1) is 10.5. The molecule has 0 bridgehead atoms. The molecule has 1 saturated carbocycles. The molecule has 3 heteroatoms. The third-order valence-electron chi connectivity index (χ3n) is 5.13. The quantitative estimate of drug-likeness (QED) is 0.783. The summed E-state index contributed by atoms with van der Waals surface area (Å²) in [6.45, 7) is 10.3. The highest BCUT2D eigenvalue weighted by Gasteiger charge is 2.51. The van der Waals surface area contributed by atoms with Crippen LogP contribution in [0.5, 0.6) is 0 Å². The average Bonchev–Trinajstić information content (AvgIpc) is 3.24. The van der Waals surface area contributed by atoms with Gasteiger partial charge in [0.05, 0.1) is 23.8 Å². The first-order valence-electron chi connectivity index (χ1n) is 8.03. The van der Waals surface area contributed by atoms with Gasteiger partial charge in [-0.05, 0) is 61.9 Å². The Morgan fingerprint density at radius 1 is 1.45 bits per heavy atom. The highest BCUT2D eigenvalue weighted by Crippen LogP contribution is 2.50. The fraction of sp³-hybridized carbons (Fsp3) is 0.526. The van der Waals surface area contributed by atoms with Crippen LogP contribution < -0.4 is 4.90 Å². The van der Waals surface area contributed by atoms with Crippen molar-refractivity contribution in [2.24, 2.45) is 5.41 Å². The number of anilines is 1. The van der Waals surface area contributed by atoms with Crippen molar-refractivity contribution in [1.29, 1.82) is 5.26 Å². The molecule has 3 rings (SSSR count). The second-order valence-electron chi connectivity index (χ2n) is 7.24. The first kappa shape index (κ1) is 15.1. The van der Waals surface area contributed by atoms with Gasteiger partial charge in [0, 0.05) is 12.2 Å². The van der Waals surface area contributed by atoms with Crippen molar-refractivity contribution in [3.63, 3.8) is 0 Å². The zero-order valence-electron chi connectivity index (χ0n) is 13.6. The summed E-state index contributed by atoms with van der Waals surface area (Å²) in [7, 11) is 0. The molecular weight excluding hydrogens is 272 g/mol. The van der Waals surface area contributed by atoms with E-state index in [1.54, 1.807) is 0 Å². The summed E-state index contributed by atoms with van der Waals surface area (Å²) in [6.07, 6.45) is 6.68. The highest BCUT2D eigenvalue weighted by molar-refractivity contribution is 5.59. The van der Waals surface area contributed by atoms with Crippen LogP contribution in [0.15, 0.2) is 31.0 Å². The molecular formula is C19H24N2O. The van der Waals surface area contributed by atoms with Crippen LogP contribution in [0.1, 0.15) is 43.7 Å². The minimum atomic E-state index is 0.170. The standard InChI is InChI=1S/C19H24N2O/c1-4-21(17-10-16(11-20)7-6-15(17)2)13-18(3)8-5-9-19(12-18)14-22-19/h4,6-7,10H,1,5,8-9,12-14H2,2-3H3/t18-,19+/m0/s1. The van der Waals surface area contributed by atoms with E-state index in [4.69, 9.17) is 10.00 Å². The molecule has 1 aliphatic carbocycles. The Morgan fingerprint density at radius 3 is 2.86 bits per heavy atom. The van der Waals surface area contributed by atoms with Crippen molar-refractivity contribution in [2.45, 2.75) is 45.1 Å². The third-order valence-corrected chi connectivity index (χ3v) is 5.13. The summed E-state index contributed by atoms with van der Waals surface area (Å²) in [6, 6.07) is 8.08. The Balaban J connectivity index is 1.82. The van der Waals surface area contributed by atoms with Crippen LogP contribution in [-0.2, 0) is 4.74 Å². The molecule has 0 N–H and O–H groups in total. The Labute approximate surface area is 133 Å². The summed E-state index contributed by atoms with van der Waals surface area (Å²) < 4.78 is 5.73. The molecule has 2 aliphatic rings. The molecule has 2 atom stereocenters. The van der Waals surface area contributed by atoms with E-state index in [1.807, 2.05) is 24.4 Å². The number of epoxide rings is 1. The maximum atomic E-state index is 9.15. The second kappa shape index (κ2) is 5.44. The maximum Gasteiger partial charge on any atom is 0.0992 e. The van der Waals surface area contributed by atoms with Gasteiger partial charge in [0.25, 0.3) is 0 Å². The summed E-state index contributed by atoms with van der Waals surface area (Å²) in [5.41, 5.74) is 3.37. The monoisotopic (exact) mass is 296 g/mol. The number of hydrogen-bond acceptors (Lipinski definition) is 3. The summed E-state index contributed by atoms with van der Waals surface area (Å²) in [5, 5.41) is 9.15. The molecule has 22 heavy (non-hydrogen) atoms. The fourth-order valence-corrected chi connectivity index (χ4v) is 3.92. The van der Waals surface area contributed by atoms with Gasteiger partial charge in [0.2, 0.25) is 0 Å². The molecule has 1 aromatic carbocycles. The molecule has 1 saturated heterocycles. The van der Waals surface area contributed by atoms with Crippen LogP contribution >= 0.6 is 0 Å². The molecule has 0 amide bonds. The van der Waals surface area contributed by atoms with Gasteiger partial charge in [-0.15, -0.1) is 0 Å². The molecule has 116 valence electrons. The van der Waals surface area contributed by atoms with Crippen LogP contribution in [0.25, 0.3) is 0 Å². The van der Waals surface area contributed by atoms with Crippen LogP contribution in [0.3, 0.4) is 0 Å².